The minimum Gasteiger partial charge on any atom is -0.382 e. The van der Waals surface area contributed by atoms with Crippen LogP contribution in [0, 0.1) is 6.92 Å². The maximum Gasteiger partial charge on any atom is 0.148 e. The molecule has 0 radical (unpaired) electrons. The predicted octanol–water partition coefficient (Wildman–Crippen LogP) is 0.827. The molecule has 0 fully saturated rings. The van der Waals surface area contributed by atoms with Gasteiger partial charge in [0, 0.05) is 32.0 Å². The first-order valence-electron chi connectivity index (χ1n) is 5.10. The fourth-order valence-electron chi connectivity index (χ4n) is 1.22. The molecule has 1 rings (SSSR count). The van der Waals surface area contributed by atoms with Crippen LogP contribution in [0.1, 0.15) is 12.0 Å². The molecule has 0 aliphatic carbocycles. The van der Waals surface area contributed by atoms with Gasteiger partial charge in [-0.05, 0) is 13.3 Å². The van der Waals surface area contributed by atoms with E-state index in [4.69, 9.17) is 15.2 Å². The summed E-state index contributed by atoms with van der Waals surface area (Å²) in [6.45, 7) is 4.81. The van der Waals surface area contributed by atoms with E-state index in [1.54, 1.807) is 7.11 Å². The van der Waals surface area contributed by atoms with Crippen LogP contribution >= 0.6 is 0 Å². The Morgan fingerprint density at radius 3 is 2.80 bits per heavy atom. The first-order valence-corrected chi connectivity index (χ1v) is 5.10. The number of methoxy groups -OCH3 is 1. The van der Waals surface area contributed by atoms with Gasteiger partial charge in [0.15, 0.2) is 0 Å². The summed E-state index contributed by atoms with van der Waals surface area (Å²) in [7, 11) is 1.67. The van der Waals surface area contributed by atoms with Gasteiger partial charge in [0.05, 0.1) is 13.2 Å². The average molecular weight is 213 g/mol. The molecule has 0 saturated carbocycles. The minimum absolute atomic E-state index is 0.607. The molecular formula is C10H19N3O2. The van der Waals surface area contributed by atoms with Crippen LogP contribution in [0.5, 0.6) is 0 Å². The Kier molecular flexibility index (Phi) is 5.14. The number of hydrogen-bond donors (Lipinski definition) is 1. The van der Waals surface area contributed by atoms with E-state index in [1.165, 1.54) is 0 Å². The second kappa shape index (κ2) is 6.42. The molecule has 1 aromatic heterocycles. The molecule has 0 aliphatic rings. The fraction of sp³-hybridized carbons (Fsp3) is 0.700. The number of hydrogen-bond acceptors (Lipinski definition) is 4. The summed E-state index contributed by atoms with van der Waals surface area (Å²) in [5, 5.41) is 4.16. The molecule has 0 saturated heterocycles. The summed E-state index contributed by atoms with van der Waals surface area (Å²) in [5.41, 5.74) is 6.65. The number of aryl methyl sites for hydroxylation is 2. The lowest BCUT2D eigenvalue weighted by Crippen LogP contribution is -2.06. The van der Waals surface area contributed by atoms with E-state index in [1.807, 2.05) is 17.8 Å². The Morgan fingerprint density at radius 1 is 1.40 bits per heavy atom. The Morgan fingerprint density at radius 2 is 2.20 bits per heavy atom. The van der Waals surface area contributed by atoms with Crippen LogP contribution in [-0.4, -0.2) is 36.7 Å². The molecule has 0 amide bonds. The van der Waals surface area contributed by atoms with Gasteiger partial charge < -0.3 is 15.2 Å². The highest BCUT2D eigenvalue weighted by molar-refractivity contribution is 5.35. The maximum atomic E-state index is 5.63. The van der Waals surface area contributed by atoms with Gasteiger partial charge in [-0.15, -0.1) is 0 Å². The molecule has 0 spiro atoms. The Hall–Kier alpha value is -1.07. The predicted molar refractivity (Wildman–Crippen MR) is 58.7 cm³/mol. The van der Waals surface area contributed by atoms with Crippen LogP contribution in [0.2, 0.25) is 0 Å². The van der Waals surface area contributed by atoms with Gasteiger partial charge in [0.2, 0.25) is 0 Å². The van der Waals surface area contributed by atoms with Crippen LogP contribution in [0.25, 0.3) is 0 Å². The van der Waals surface area contributed by atoms with Crippen molar-refractivity contribution in [1.29, 1.82) is 0 Å². The summed E-state index contributed by atoms with van der Waals surface area (Å²) >= 11 is 0. The second-order valence-electron chi connectivity index (χ2n) is 3.42. The van der Waals surface area contributed by atoms with Gasteiger partial charge in [-0.3, -0.25) is 4.68 Å². The molecule has 5 nitrogen and oxygen atoms in total. The highest BCUT2D eigenvalue weighted by Gasteiger charge is 1.99. The van der Waals surface area contributed by atoms with E-state index in [-0.39, 0.29) is 0 Å². The third-order valence-electron chi connectivity index (χ3n) is 2.09. The highest BCUT2D eigenvalue weighted by atomic mass is 16.5. The van der Waals surface area contributed by atoms with Crippen LogP contribution in [-0.2, 0) is 16.0 Å². The lowest BCUT2D eigenvalue weighted by molar-refractivity contribution is 0.0677. The second-order valence-corrected chi connectivity index (χ2v) is 3.42. The molecule has 2 N–H and O–H groups in total. The van der Waals surface area contributed by atoms with E-state index in [0.29, 0.717) is 19.0 Å². The normalized spacial score (nSPS) is 10.8. The number of nitrogen functional groups attached to an aromatic ring is 1. The standard InChI is InChI=1S/C10H19N3O2/c1-9-8-13(12-10(9)11)4-3-5-15-7-6-14-2/h8H,3-7H2,1-2H3,(H2,11,12). The van der Waals surface area contributed by atoms with E-state index in [2.05, 4.69) is 5.10 Å². The molecule has 0 aromatic carbocycles. The van der Waals surface area contributed by atoms with E-state index in [9.17, 15) is 0 Å². The largest absolute Gasteiger partial charge is 0.382 e. The Balaban J connectivity index is 2.10. The number of nitrogens with two attached hydrogens (primary N) is 1. The molecule has 86 valence electrons. The van der Waals surface area contributed by atoms with E-state index >= 15 is 0 Å². The van der Waals surface area contributed by atoms with E-state index < -0.39 is 0 Å². The number of rotatable bonds is 7. The van der Waals surface area contributed by atoms with Crippen LogP contribution in [0.3, 0.4) is 0 Å². The zero-order valence-corrected chi connectivity index (χ0v) is 9.40. The number of anilines is 1. The molecule has 1 heterocycles. The lowest BCUT2D eigenvalue weighted by atomic mass is 10.4. The van der Waals surface area contributed by atoms with Crippen LogP contribution < -0.4 is 5.73 Å². The molecule has 0 atom stereocenters. The molecule has 1 aromatic rings. The zero-order chi connectivity index (χ0) is 11.1. The maximum absolute atomic E-state index is 5.63. The summed E-state index contributed by atoms with van der Waals surface area (Å²) in [4.78, 5) is 0. The fourth-order valence-corrected chi connectivity index (χ4v) is 1.22. The van der Waals surface area contributed by atoms with Crippen molar-refractivity contribution in [2.75, 3.05) is 32.7 Å². The summed E-state index contributed by atoms with van der Waals surface area (Å²) < 4.78 is 12.1. The summed E-state index contributed by atoms with van der Waals surface area (Å²) in [6.07, 6.45) is 2.88. The van der Waals surface area contributed by atoms with Crippen molar-refractivity contribution in [2.24, 2.45) is 0 Å². The summed E-state index contributed by atoms with van der Waals surface area (Å²) in [5.74, 6) is 0.607. The monoisotopic (exact) mass is 213 g/mol. The SMILES string of the molecule is COCCOCCCn1cc(C)c(N)n1. The third-order valence-corrected chi connectivity index (χ3v) is 2.09. The van der Waals surface area contributed by atoms with Gasteiger partial charge in [0.1, 0.15) is 5.82 Å². The van der Waals surface area contributed by atoms with Crippen molar-refractivity contribution >= 4 is 5.82 Å². The topological polar surface area (TPSA) is 62.3 Å². The van der Waals surface area contributed by atoms with Gasteiger partial charge >= 0.3 is 0 Å². The number of nitrogens with zero attached hydrogens (tertiary/aromatic N) is 2. The average Bonchev–Trinajstić information content (AvgIpc) is 2.52. The van der Waals surface area contributed by atoms with Crippen molar-refractivity contribution in [3.8, 4) is 0 Å². The summed E-state index contributed by atoms with van der Waals surface area (Å²) in [6, 6.07) is 0. The third kappa shape index (κ3) is 4.31. The van der Waals surface area contributed by atoms with Crippen molar-refractivity contribution in [3.63, 3.8) is 0 Å². The van der Waals surface area contributed by atoms with Crippen molar-refractivity contribution in [2.45, 2.75) is 19.9 Å². The first kappa shape index (κ1) is 12.0. The molecule has 0 unspecified atom stereocenters. The quantitative estimate of drug-likeness (QED) is 0.681. The smallest absolute Gasteiger partial charge is 0.148 e. The molecule has 0 aliphatic heterocycles. The van der Waals surface area contributed by atoms with Crippen molar-refractivity contribution in [3.05, 3.63) is 11.8 Å². The van der Waals surface area contributed by atoms with Gasteiger partial charge in [-0.1, -0.05) is 0 Å². The molecule has 15 heavy (non-hydrogen) atoms. The molecule has 0 bridgehead atoms. The minimum atomic E-state index is 0.607. The van der Waals surface area contributed by atoms with Crippen LogP contribution in [0.4, 0.5) is 5.82 Å². The highest BCUT2D eigenvalue weighted by Crippen LogP contribution is 2.06. The zero-order valence-electron chi connectivity index (χ0n) is 9.40. The van der Waals surface area contributed by atoms with Gasteiger partial charge in [-0.25, -0.2) is 0 Å². The Labute approximate surface area is 90.2 Å². The Bertz CT molecular complexity index is 267. The molecular weight excluding hydrogens is 194 g/mol. The number of ether oxygens (including phenoxy) is 2. The van der Waals surface area contributed by atoms with Crippen molar-refractivity contribution < 1.29 is 9.47 Å². The first-order chi connectivity index (χ1) is 7.24. The lowest BCUT2D eigenvalue weighted by Gasteiger charge is -2.03. The van der Waals surface area contributed by atoms with Crippen molar-refractivity contribution in [1.82, 2.24) is 9.78 Å². The van der Waals surface area contributed by atoms with E-state index in [0.717, 1.165) is 25.1 Å². The molecule has 5 heteroatoms. The number of aromatic nitrogens is 2. The van der Waals surface area contributed by atoms with Gasteiger partial charge in [0.25, 0.3) is 0 Å². The van der Waals surface area contributed by atoms with Gasteiger partial charge in [-0.2, -0.15) is 5.10 Å². The van der Waals surface area contributed by atoms with Crippen LogP contribution in [0.15, 0.2) is 6.20 Å².